The molecule has 0 saturated heterocycles. The number of hydrogen-bond donors (Lipinski definition) is 0. The van der Waals surface area contributed by atoms with Gasteiger partial charge >= 0.3 is 10.2 Å². The van der Waals surface area contributed by atoms with E-state index in [1.165, 1.54) is 4.31 Å². The highest BCUT2D eigenvalue weighted by Crippen LogP contribution is 2.23. The quantitative estimate of drug-likeness (QED) is 0.773. The minimum atomic E-state index is -3.47. The summed E-state index contributed by atoms with van der Waals surface area (Å²) in [6.07, 6.45) is 1.65. The van der Waals surface area contributed by atoms with Crippen LogP contribution in [0, 0.1) is 5.41 Å². The van der Waals surface area contributed by atoms with Crippen LogP contribution in [0.2, 0.25) is 0 Å². The molecule has 0 spiro atoms. The summed E-state index contributed by atoms with van der Waals surface area (Å²) in [6, 6.07) is 9.20. The molecule has 1 rings (SSSR count). The zero-order valence-corrected chi connectivity index (χ0v) is 14.7. The summed E-state index contributed by atoms with van der Waals surface area (Å²) in [5, 5.41) is 0. The Morgan fingerprint density at radius 2 is 1.62 bits per heavy atom. The highest BCUT2D eigenvalue weighted by Gasteiger charge is 2.27. The summed E-state index contributed by atoms with van der Waals surface area (Å²) in [6.45, 7) is 9.49. The maximum atomic E-state index is 12.8. The molecule has 0 amide bonds. The molecule has 0 atom stereocenters. The Hall–Kier alpha value is -1.07. The number of nitrogens with zero attached hydrogens (tertiary/aromatic N) is 2. The highest BCUT2D eigenvalue weighted by molar-refractivity contribution is 7.90. The molecule has 0 bridgehead atoms. The van der Waals surface area contributed by atoms with Crippen molar-refractivity contribution < 1.29 is 8.42 Å². The van der Waals surface area contributed by atoms with Gasteiger partial charge in [-0.2, -0.15) is 12.7 Å². The van der Waals surface area contributed by atoms with Gasteiger partial charge in [-0.1, -0.05) is 45.9 Å². The lowest BCUT2D eigenvalue weighted by atomic mass is 9.92. The van der Waals surface area contributed by atoms with Crippen LogP contribution in [0.25, 0.3) is 0 Å². The first kappa shape index (κ1) is 18.0. The average molecular weight is 312 g/mol. The molecular formula is C16H28N2O2S. The zero-order chi connectivity index (χ0) is 16.1. The van der Waals surface area contributed by atoms with Crippen molar-refractivity contribution >= 4 is 15.9 Å². The SMILES string of the molecule is CCCN(CCC(C)(C)C)S(=O)(=O)N(C)c1ccccc1. The third-order valence-electron chi connectivity index (χ3n) is 3.38. The number of hydrogen-bond acceptors (Lipinski definition) is 2. The van der Waals surface area contributed by atoms with Crippen LogP contribution in [-0.2, 0) is 10.2 Å². The van der Waals surface area contributed by atoms with Crippen molar-refractivity contribution in [1.29, 1.82) is 0 Å². The van der Waals surface area contributed by atoms with Crippen LogP contribution in [0.4, 0.5) is 5.69 Å². The second-order valence-corrected chi connectivity index (χ2v) is 8.48. The van der Waals surface area contributed by atoms with Crippen LogP contribution < -0.4 is 4.31 Å². The van der Waals surface area contributed by atoms with Gasteiger partial charge in [0.1, 0.15) is 0 Å². The molecule has 1 aromatic rings. The van der Waals surface area contributed by atoms with E-state index < -0.39 is 10.2 Å². The van der Waals surface area contributed by atoms with E-state index in [9.17, 15) is 8.42 Å². The van der Waals surface area contributed by atoms with Crippen molar-refractivity contribution in [2.45, 2.75) is 40.5 Å². The smallest absolute Gasteiger partial charge is 0.261 e. The van der Waals surface area contributed by atoms with E-state index in [0.29, 0.717) is 18.8 Å². The zero-order valence-electron chi connectivity index (χ0n) is 13.8. The van der Waals surface area contributed by atoms with E-state index in [0.717, 1.165) is 12.8 Å². The van der Waals surface area contributed by atoms with Gasteiger partial charge in [-0.25, -0.2) is 0 Å². The van der Waals surface area contributed by atoms with Gasteiger partial charge in [-0.3, -0.25) is 4.31 Å². The molecule has 0 aliphatic carbocycles. The lowest BCUT2D eigenvalue weighted by Gasteiger charge is -2.30. The molecular weight excluding hydrogens is 284 g/mol. The molecule has 0 saturated carbocycles. The van der Waals surface area contributed by atoms with Crippen molar-refractivity contribution in [3.8, 4) is 0 Å². The standard InChI is InChI=1S/C16H28N2O2S/c1-6-13-18(14-12-16(2,3)4)21(19,20)17(5)15-10-8-7-9-11-15/h7-11H,6,12-14H2,1-5H3. The maximum Gasteiger partial charge on any atom is 0.303 e. The van der Waals surface area contributed by atoms with E-state index in [-0.39, 0.29) is 5.41 Å². The molecule has 5 heteroatoms. The third kappa shape index (κ3) is 5.32. The van der Waals surface area contributed by atoms with Crippen LogP contribution in [0.3, 0.4) is 0 Å². The summed E-state index contributed by atoms with van der Waals surface area (Å²) in [7, 11) is -1.86. The first-order valence-electron chi connectivity index (χ1n) is 7.47. The van der Waals surface area contributed by atoms with Crippen LogP contribution in [-0.4, -0.2) is 32.9 Å². The normalized spacial score (nSPS) is 12.7. The van der Waals surface area contributed by atoms with Crippen molar-refractivity contribution in [2.24, 2.45) is 5.41 Å². The van der Waals surface area contributed by atoms with Crippen molar-refractivity contribution in [3.63, 3.8) is 0 Å². The summed E-state index contributed by atoms with van der Waals surface area (Å²) >= 11 is 0. The fourth-order valence-corrected chi connectivity index (χ4v) is 3.47. The van der Waals surface area contributed by atoms with Gasteiger partial charge in [0, 0.05) is 20.1 Å². The Bertz CT molecular complexity index is 521. The van der Waals surface area contributed by atoms with Gasteiger partial charge in [0.25, 0.3) is 0 Å². The molecule has 0 aliphatic rings. The summed E-state index contributed by atoms with van der Waals surface area (Å²) in [5.41, 5.74) is 0.807. The van der Waals surface area contributed by atoms with Gasteiger partial charge in [0.2, 0.25) is 0 Å². The van der Waals surface area contributed by atoms with E-state index in [4.69, 9.17) is 0 Å². The van der Waals surface area contributed by atoms with E-state index in [2.05, 4.69) is 20.8 Å². The van der Waals surface area contributed by atoms with E-state index in [1.54, 1.807) is 11.4 Å². The van der Waals surface area contributed by atoms with Crippen LogP contribution in [0.1, 0.15) is 40.5 Å². The van der Waals surface area contributed by atoms with Gasteiger partial charge in [-0.15, -0.1) is 0 Å². The van der Waals surface area contributed by atoms with Crippen molar-refractivity contribution in [2.75, 3.05) is 24.4 Å². The van der Waals surface area contributed by atoms with Gasteiger partial charge in [0.05, 0.1) is 5.69 Å². The topological polar surface area (TPSA) is 40.6 Å². The predicted octanol–water partition coefficient (Wildman–Crippen LogP) is 3.52. The van der Waals surface area contributed by atoms with Crippen LogP contribution in [0.5, 0.6) is 0 Å². The molecule has 0 unspecified atom stereocenters. The first-order chi connectivity index (χ1) is 9.68. The van der Waals surface area contributed by atoms with Crippen LogP contribution >= 0.6 is 0 Å². The second kappa shape index (κ2) is 7.27. The van der Waals surface area contributed by atoms with Crippen molar-refractivity contribution in [1.82, 2.24) is 4.31 Å². The summed E-state index contributed by atoms with van der Waals surface area (Å²) in [5.74, 6) is 0. The molecule has 0 N–H and O–H groups in total. The highest BCUT2D eigenvalue weighted by atomic mass is 32.2. The van der Waals surface area contributed by atoms with E-state index in [1.807, 2.05) is 37.3 Å². The Morgan fingerprint density at radius 1 is 1.05 bits per heavy atom. The Labute approximate surface area is 129 Å². The predicted molar refractivity (Wildman–Crippen MR) is 89.7 cm³/mol. The van der Waals surface area contributed by atoms with E-state index >= 15 is 0 Å². The second-order valence-electron chi connectivity index (χ2n) is 6.52. The third-order valence-corrected chi connectivity index (χ3v) is 5.30. The van der Waals surface area contributed by atoms with Crippen molar-refractivity contribution in [3.05, 3.63) is 30.3 Å². The van der Waals surface area contributed by atoms with Gasteiger partial charge in [-0.05, 0) is 30.4 Å². The molecule has 0 radical (unpaired) electrons. The number of benzene rings is 1. The minimum absolute atomic E-state index is 0.118. The molecule has 4 nitrogen and oxygen atoms in total. The molecule has 0 aromatic heterocycles. The molecule has 0 aliphatic heterocycles. The summed E-state index contributed by atoms with van der Waals surface area (Å²) in [4.78, 5) is 0. The maximum absolute atomic E-state index is 12.8. The Kier molecular flexibility index (Phi) is 6.23. The molecule has 1 aromatic carbocycles. The molecule has 21 heavy (non-hydrogen) atoms. The Balaban J connectivity index is 2.94. The summed E-state index contributed by atoms with van der Waals surface area (Å²) < 4.78 is 28.5. The lowest BCUT2D eigenvalue weighted by Crippen LogP contribution is -2.43. The van der Waals surface area contributed by atoms with Crippen LogP contribution in [0.15, 0.2) is 30.3 Å². The largest absolute Gasteiger partial charge is 0.303 e. The molecule has 0 heterocycles. The van der Waals surface area contributed by atoms with Gasteiger partial charge < -0.3 is 0 Å². The monoisotopic (exact) mass is 312 g/mol. The Morgan fingerprint density at radius 3 is 2.10 bits per heavy atom. The fraction of sp³-hybridized carbons (Fsp3) is 0.625. The average Bonchev–Trinajstić information content (AvgIpc) is 2.42. The lowest BCUT2D eigenvalue weighted by molar-refractivity contribution is 0.310. The molecule has 120 valence electrons. The first-order valence-corrected chi connectivity index (χ1v) is 8.87. The fourth-order valence-electron chi connectivity index (χ4n) is 2.00. The minimum Gasteiger partial charge on any atom is -0.261 e. The number of anilines is 1. The number of rotatable bonds is 7. The number of para-hydroxylation sites is 1. The van der Waals surface area contributed by atoms with Gasteiger partial charge in [0.15, 0.2) is 0 Å². The molecule has 0 fully saturated rings.